The molecule has 11 atom stereocenters. The van der Waals surface area contributed by atoms with Crippen LogP contribution in [0.15, 0.2) is 35.4 Å². The van der Waals surface area contributed by atoms with Crippen LogP contribution in [0.3, 0.4) is 0 Å². The second-order valence-corrected chi connectivity index (χ2v) is 19.3. The van der Waals surface area contributed by atoms with E-state index in [4.69, 9.17) is 28.4 Å². The van der Waals surface area contributed by atoms with Crippen molar-refractivity contribution in [1.29, 1.82) is 0 Å². The molecule has 63 heavy (non-hydrogen) atoms. The number of aliphatic hydroxyl groups excluding tert-OH is 2. The summed E-state index contributed by atoms with van der Waals surface area (Å²) in [6, 6.07) is 5.02. The van der Waals surface area contributed by atoms with Gasteiger partial charge < -0.3 is 49.1 Å². The second-order valence-electron chi connectivity index (χ2n) is 19.3. The summed E-state index contributed by atoms with van der Waals surface area (Å²) in [5, 5.41) is 40.5. The molecule has 6 rings (SSSR count). The zero-order valence-corrected chi connectivity index (χ0v) is 37.9. The lowest BCUT2D eigenvalue weighted by molar-refractivity contribution is -0.346. The predicted octanol–water partition coefficient (Wildman–Crippen LogP) is 4.07. The number of carbonyl (C=O) groups is 6. The van der Waals surface area contributed by atoms with Crippen LogP contribution in [-0.4, -0.2) is 118 Å². The summed E-state index contributed by atoms with van der Waals surface area (Å²) in [5.74, 6) is -6.33. The third-order valence-corrected chi connectivity index (χ3v) is 14.6. The van der Waals surface area contributed by atoms with Gasteiger partial charge in [0, 0.05) is 37.5 Å². The Bertz CT molecular complexity index is 1990. The maximum absolute atomic E-state index is 15.6. The predicted molar refractivity (Wildman–Crippen MR) is 224 cm³/mol. The van der Waals surface area contributed by atoms with Gasteiger partial charge in [0.15, 0.2) is 23.6 Å². The van der Waals surface area contributed by atoms with Gasteiger partial charge in [0.25, 0.3) is 0 Å². The van der Waals surface area contributed by atoms with E-state index in [1.165, 1.54) is 33.1 Å². The molecule has 0 aromatic heterocycles. The van der Waals surface area contributed by atoms with Gasteiger partial charge in [-0.15, -0.1) is 0 Å². The van der Waals surface area contributed by atoms with E-state index in [1.54, 1.807) is 32.9 Å². The first kappa shape index (κ1) is 48.1. The Morgan fingerprint density at radius 2 is 1.70 bits per heavy atom. The molecule has 1 aromatic rings. The molecule has 4 fully saturated rings. The third-order valence-electron chi connectivity index (χ3n) is 14.6. The lowest BCUT2D eigenvalue weighted by Crippen LogP contribution is -2.82. The number of benzene rings is 1. The number of hydrogen-bond donors (Lipinski definition) is 4. The first-order valence-corrected chi connectivity index (χ1v) is 22.3. The van der Waals surface area contributed by atoms with Crippen LogP contribution in [0.25, 0.3) is 0 Å². The van der Waals surface area contributed by atoms with E-state index in [1.807, 2.05) is 13.8 Å². The third kappa shape index (κ3) is 8.52. The first-order chi connectivity index (χ1) is 29.6. The molecule has 0 radical (unpaired) electrons. The number of hydrogen-bond acceptors (Lipinski definition) is 15. The Labute approximate surface area is 368 Å². The topological polar surface area (TPSA) is 231 Å². The number of fused-ring (bicyclic) bond motifs is 5. The minimum Gasteiger partial charge on any atom is -0.497 e. The molecule has 3 saturated carbocycles. The van der Waals surface area contributed by atoms with Crippen molar-refractivity contribution in [2.75, 3.05) is 13.7 Å². The van der Waals surface area contributed by atoms with Gasteiger partial charge in [-0.2, -0.15) is 0 Å². The van der Waals surface area contributed by atoms with Gasteiger partial charge in [-0.3, -0.25) is 19.2 Å². The van der Waals surface area contributed by atoms with Crippen molar-refractivity contribution in [2.24, 2.45) is 28.6 Å². The van der Waals surface area contributed by atoms with E-state index in [-0.39, 0.29) is 60.3 Å². The molecule has 16 nitrogen and oxygen atoms in total. The highest BCUT2D eigenvalue weighted by Gasteiger charge is 2.78. The lowest BCUT2D eigenvalue weighted by Gasteiger charge is -2.67. The van der Waals surface area contributed by atoms with E-state index in [0.29, 0.717) is 18.6 Å². The lowest BCUT2D eigenvalue weighted by atomic mass is 9.44. The zero-order chi connectivity index (χ0) is 46.4. The molecule has 4 N–H and O–H groups in total. The molecular weight excluding hydrogens is 819 g/mol. The summed E-state index contributed by atoms with van der Waals surface area (Å²) in [4.78, 5) is 84.2. The van der Waals surface area contributed by atoms with Crippen LogP contribution in [0.2, 0.25) is 0 Å². The summed E-state index contributed by atoms with van der Waals surface area (Å²) in [6.45, 7) is 12.3. The molecule has 0 unspecified atom stereocenters. The molecule has 1 aliphatic heterocycles. The quantitative estimate of drug-likeness (QED) is 0.124. The Balaban J connectivity index is 1.53. The average molecular weight is 884 g/mol. The van der Waals surface area contributed by atoms with Crippen molar-refractivity contribution in [3.05, 3.63) is 41.0 Å². The number of Topliss-reactive ketones (excluding diaryl/α,β-unsaturated/α-hetero) is 1. The van der Waals surface area contributed by atoms with Gasteiger partial charge in [0.1, 0.15) is 29.7 Å². The molecule has 1 heterocycles. The molecule has 0 spiro atoms. The first-order valence-electron chi connectivity index (χ1n) is 22.3. The molecule has 348 valence electrons. The summed E-state index contributed by atoms with van der Waals surface area (Å²) in [5.41, 5.74) is -7.62. The Kier molecular flexibility index (Phi) is 13.9. The summed E-state index contributed by atoms with van der Waals surface area (Å²) in [7, 11) is 1.42. The van der Waals surface area contributed by atoms with Crippen LogP contribution in [-0.2, 0) is 47.7 Å². The number of rotatable bonds is 13. The van der Waals surface area contributed by atoms with Crippen molar-refractivity contribution >= 4 is 35.6 Å². The highest BCUT2D eigenvalue weighted by Crippen LogP contribution is 2.64. The van der Waals surface area contributed by atoms with Crippen molar-refractivity contribution in [3.8, 4) is 5.75 Å². The second kappa shape index (κ2) is 18.2. The summed E-state index contributed by atoms with van der Waals surface area (Å²) >= 11 is 0. The molecular formula is C47H65NO15. The van der Waals surface area contributed by atoms with Crippen LogP contribution in [0.1, 0.15) is 124 Å². The average Bonchev–Trinajstić information content (AvgIpc) is 3.23. The standard InChI is InChI=1S/C47H65NO15/c1-10-34(51)61-37-35-25(4)31(60-43(56)36(52)30(19-24(2)3)48-41(54)27-15-12-11-13-16-27)22-47(57,44(35,6)7)40(62-42(55)28-17-14-18-29(20-28)58-9)38-45(8,39(37)53)32(50)21-33-46(38,23-59-33)63-26(5)49/h14,17-18,20,24,27,30-33,36-38,40,50,52,57H,10-13,15-16,19,21-23H2,1-9H3,(H,48,54)/t30-,31-,32-,33+,36+,37+,38-,40-,45+,46-,47+/m0/s1. The minimum atomic E-state index is -2.38. The van der Waals surface area contributed by atoms with Gasteiger partial charge >= 0.3 is 23.9 Å². The van der Waals surface area contributed by atoms with Gasteiger partial charge in [-0.25, -0.2) is 9.59 Å². The van der Waals surface area contributed by atoms with Crippen LogP contribution in [0.4, 0.5) is 0 Å². The number of esters is 4. The van der Waals surface area contributed by atoms with Crippen LogP contribution >= 0.6 is 0 Å². The van der Waals surface area contributed by atoms with E-state index in [2.05, 4.69) is 5.32 Å². The van der Waals surface area contributed by atoms with Gasteiger partial charge in [-0.05, 0) is 68.4 Å². The van der Waals surface area contributed by atoms with E-state index >= 15 is 4.79 Å². The molecule has 16 heteroatoms. The molecule has 5 aliphatic rings. The van der Waals surface area contributed by atoms with E-state index in [0.717, 1.165) is 26.2 Å². The molecule has 4 aliphatic carbocycles. The van der Waals surface area contributed by atoms with E-state index < -0.39 is 107 Å². The summed E-state index contributed by atoms with van der Waals surface area (Å²) in [6.07, 6.45) is -5.96. The number of carbonyl (C=O) groups excluding carboxylic acids is 6. The van der Waals surface area contributed by atoms with Gasteiger partial charge in [-0.1, -0.05) is 59.9 Å². The minimum absolute atomic E-state index is 0.000208. The monoisotopic (exact) mass is 883 g/mol. The number of aliphatic hydroxyl groups is 3. The molecule has 2 bridgehead atoms. The SMILES string of the molecule is CCC(=O)O[C@H]1C(=O)[C@@]2(C)[C@H]([C@H](OC(=O)c3cccc(OC)c3)[C@]3(O)C[C@H](OC(=O)[C@H](O)[C@H](CC(C)C)NC(=O)C4CCCCC4)C(C)=C1C3(C)C)[C@]1(OC(C)=O)CO[C@@H]1C[C@@H]2O. The molecule has 1 saturated heterocycles. The fourth-order valence-corrected chi connectivity index (χ4v) is 11.1. The summed E-state index contributed by atoms with van der Waals surface area (Å²) < 4.78 is 36.0. The van der Waals surface area contributed by atoms with E-state index in [9.17, 15) is 39.3 Å². The molecule has 1 amide bonds. The van der Waals surface area contributed by atoms with Crippen LogP contribution < -0.4 is 10.1 Å². The fourth-order valence-electron chi connectivity index (χ4n) is 11.1. The van der Waals surface area contributed by atoms with Crippen LogP contribution in [0.5, 0.6) is 5.75 Å². The normalized spacial score (nSPS) is 33.5. The van der Waals surface area contributed by atoms with Crippen molar-refractivity contribution in [2.45, 2.75) is 167 Å². The Morgan fingerprint density at radius 1 is 1.02 bits per heavy atom. The van der Waals surface area contributed by atoms with Gasteiger partial charge in [0.2, 0.25) is 5.91 Å². The fraction of sp³-hybridized carbons (Fsp3) is 0.702. The van der Waals surface area contributed by atoms with Crippen molar-refractivity contribution in [1.82, 2.24) is 5.32 Å². The van der Waals surface area contributed by atoms with Gasteiger partial charge in [0.05, 0.1) is 42.8 Å². The number of nitrogens with one attached hydrogen (secondary N) is 1. The number of ketones is 1. The number of methoxy groups -OCH3 is 1. The number of ether oxygens (including phenoxy) is 6. The zero-order valence-electron chi connectivity index (χ0n) is 37.9. The molecule has 1 aromatic carbocycles. The number of amides is 1. The van der Waals surface area contributed by atoms with Crippen molar-refractivity contribution in [3.63, 3.8) is 0 Å². The Morgan fingerprint density at radius 3 is 2.29 bits per heavy atom. The highest BCUT2D eigenvalue weighted by molar-refractivity contribution is 5.96. The Hall–Kier alpha value is -4.38. The highest BCUT2D eigenvalue weighted by atomic mass is 16.6. The maximum Gasteiger partial charge on any atom is 0.338 e. The van der Waals surface area contributed by atoms with Crippen molar-refractivity contribution < 1.29 is 72.5 Å². The van der Waals surface area contributed by atoms with Crippen LogP contribution in [0, 0.1) is 28.6 Å². The maximum atomic E-state index is 15.6. The largest absolute Gasteiger partial charge is 0.497 e. The smallest absolute Gasteiger partial charge is 0.338 e.